The van der Waals surface area contributed by atoms with Gasteiger partial charge in [0.15, 0.2) is 0 Å². The van der Waals surface area contributed by atoms with E-state index in [2.05, 4.69) is 5.32 Å². The summed E-state index contributed by atoms with van der Waals surface area (Å²) >= 11 is 0. The molecule has 27 heavy (non-hydrogen) atoms. The normalized spacial score (nSPS) is 13.5. The summed E-state index contributed by atoms with van der Waals surface area (Å²) in [6.45, 7) is 3.25. The Morgan fingerprint density at radius 2 is 1.78 bits per heavy atom. The molecule has 1 amide bonds. The van der Waals surface area contributed by atoms with E-state index in [4.69, 9.17) is 4.74 Å². The van der Waals surface area contributed by atoms with Crippen LogP contribution in [-0.2, 0) is 14.8 Å². The van der Waals surface area contributed by atoms with E-state index in [0.29, 0.717) is 17.0 Å². The molecule has 0 heterocycles. The van der Waals surface area contributed by atoms with Crippen LogP contribution in [0.1, 0.15) is 25.5 Å². The monoisotopic (exact) mass is 394 g/mol. The Morgan fingerprint density at radius 1 is 1.15 bits per heavy atom. The van der Waals surface area contributed by atoms with E-state index in [1.54, 1.807) is 43.3 Å². The zero-order valence-corrected chi connectivity index (χ0v) is 16.5. The van der Waals surface area contributed by atoms with E-state index in [-0.39, 0.29) is 5.82 Å². The van der Waals surface area contributed by atoms with Gasteiger partial charge >= 0.3 is 0 Å². The number of sulfonamides is 1. The van der Waals surface area contributed by atoms with Crippen molar-refractivity contribution in [3.05, 3.63) is 59.9 Å². The number of ether oxygens (including phenoxy) is 1. The van der Waals surface area contributed by atoms with Gasteiger partial charge in [-0.25, -0.2) is 12.8 Å². The molecule has 146 valence electrons. The van der Waals surface area contributed by atoms with E-state index in [1.165, 1.54) is 26.2 Å². The summed E-state index contributed by atoms with van der Waals surface area (Å²) in [5, 5.41) is 2.77. The molecule has 2 unspecified atom stereocenters. The van der Waals surface area contributed by atoms with Crippen molar-refractivity contribution in [1.82, 2.24) is 5.32 Å². The number of nitrogens with one attached hydrogen (secondary N) is 1. The molecule has 0 fully saturated rings. The summed E-state index contributed by atoms with van der Waals surface area (Å²) in [6, 6.07) is 10.8. The first-order valence-corrected chi connectivity index (χ1v) is 10.2. The summed E-state index contributed by atoms with van der Waals surface area (Å²) in [6.07, 6.45) is 1.04. The molecule has 0 saturated heterocycles. The molecule has 0 aliphatic rings. The molecular formula is C19H23FN2O4S. The second kappa shape index (κ2) is 8.39. The van der Waals surface area contributed by atoms with Gasteiger partial charge in [-0.2, -0.15) is 0 Å². The highest BCUT2D eigenvalue weighted by Crippen LogP contribution is 2.25. The molecule has 0 bridgehead atoms. The Hall–Kier alpha value is -2.61. The predicted octanol–water partition coefficient (Wildman–Crippen LogP) is 2.87. The topological polar surface area (TPSA) is 75.7 Å². The van der Waals surface area contributed by atoms with Crippen LogP contribution in [0.25, 0.3) is 0 Å². The second-order valence-electron chi connectivity index (χ2n) is 6.22. The number of amides is 1. The van der Waals surface area contributed by atoms with Crippen LogP contribution >= 0.6 is 0 Å². The van der Waals surface area contributed by atoms with Crippen LogP contribution in [-0.4, -0.2) is 33.7 Å². The minimum Gasteiger partial charge on any atom is -0.497 e. The number of hydrogen-bond acceptors (Lipinski definition) is 4. The predicted molar refractivity (Wildman–Crippen MR) is 103 cm³/mol. The van der Waals surface area contributed by atoms with Gasteiger partial charge in [-0.1, -0.05) is 18.2 Å². The highest BCUT2D eigenvalue weighted by atomic mass is 32.2. The lowest BCUT2D eigenvalue weighted by Gasteiger charge is -2.29. The SMILES string of the molecule is COc1cccc(N(C(C)C(=O)NC(C)c2ccc(F)cc2)S(C)(=O)=O)c1. The van der Waals surface area contributed by atoms with E-state index in [9.17, 15) is 17.6 Å². The van der Waals surface area contributed by atoms with Gasteiger partial charge in [0, 0.05) is 6.07 Å². The standard InChI is InChI=1S/C19H23FN2O4S/c1-13(15-8-10-16(20)11-9-15)21-19(23)14(2)22(27(4,24)25)17-6-5-7-18(12-17)26-3/h5-14H,1-4H3,(H,21,23). The summed E-state index contributed by atoms with van der Waals surface area (Å²) < 4.78 is 43.9. The molecule has 0 saturated carbocycles. The molecule has 0 aromatic heterocycles. The van der Waals surface area contributed by atoms with Gasteiger partial charge in [-0.3, -0.25) is 9.10 Å². The van der Waals surface area contributed by atoms with Crippen LogP contribution in [0.15, 0.2) is 48.5 Å². The zero-order valence-electron chi connectivity index (χ0n) is 15.6. The maximum Gasteiger partial charge on any atom is 0.244 e. The minimum absolute atomic E-state index is 0.328. The smallest absolute Gasteiger partial charge is 0.244 e. The van der Waals surface area contributed by atoms with Gasteiger partial charge in [0.05, 0.1) is 25.1 Å². The molecular weight excluding hydrogens is 371 g/mol. The van der Waals surface area contributed by atoms with Crippen molar-refractivity contribution >= 4 is 21.6 Å². The molecule has 1 N–H and O–H groups in total. The fourth-order valence-electron chi connectivity index (χ4n) is 2.73. The Bertz CT molecular complexity index is 900. The molecule has 0 spiro atoms. The Labute approximate surface area is 159 Å². The van der Waals surface area contributed by atoms with Gasteiger partial charge in [0.2, 0.25) is 15.9 Å². The van der Waals surface area contributed by atoms with E-state index in [1.807, 2.05) is 0 Å². The maximum absolute atomic E-state index is 13.1. The first-order chi connectivity index (χ1) is 12.6. The lowest BCUT2D eigenvalue weighted by atomic mass is 10.1. The Morgan fingerprint density at radius 3 is 2.33 bits per heavy atom. The molecule has 2 aromatic rings. The van der Waals surface area contributed by atoms with E-state index in [0.717, 1.165) is 10.6 Å². The highest BCUT2D eigenvalue weighted by molar-refractivity contribution is 7.92. The number of hydrogen-bond donors (Lipinski definition) is 1. The molecule has 0 aliphatic carbocycles. The van der Waals surface area contributed by atoms with E-state index < -0.39 is 28.0 Å². The number of carbonyl (C=O) groups excluding carboxylic acids is 1. The number of anilines is 1. The van der Waals surface area contributed by atoms with Crippen LogP contribution < -0.4 is 14.4 Å². The van der Waals surface area contributed by atoms with Crippen LogP contribution in [0, 0.1) is 5.82 Å². The van der Waals surface area contributed by atoms with Crippen LogP contribution in [0.2, 0.25) is 0 Å². The van der Waals surface area contributed by atoms with E-state index >= 15 is 0 Å². The number of benzene rings is 2. The molecule has 2 atom stereocenters. The third-order valence-corrected chi connectivity index (χ3v) is 5.37. The lowest BCUT2D eigenvalue weighted by molar-refractivity contribution is -0.122. The molecule has 8 heteroatoms. The summed E-state index contributed by atoms with van der Waals surface area (Å²) in [5.74, 6) is -0.361. The zero-order chi connectivity index (χ0) is 20.2. The number of carbonyl (C=O) groups is 1. The van der Waals surface area contributed by atoms with Crippen molar-refractivity contribution in [3.8, 4) is 5.75 Å². The number of methoxy groups -OCH3 is 1. The molecule has 6 nitrogen and oxygen atoms in total. The number of halogens is 1. The van der Waals surface area contributed by atoms with Crippen LogP contribution in [0.3, 0.4) is 0 Å². The van der Waals surface area contributed by atoms with Crippen molar-refractivity contribution in [2.24, 2.45) is 0 Å². The fourth-order valence-corrected chi connectivity index (χ4v) is 3.89. The first-order valence-electron chi connectivity index (χ1n) is 8.32. The second-order valence-corrected chi connectivity index (χ2v) is 8.08. The van der Waals surface area contributed by atoms with Crippen molar-refractivity contribution < 1.29 is 22.3 Å². The quantitative estimate of drug-likeness (QED) is 0.784. The molecule has 2 rings (SSSR count). The van der Waals surface area contributed by atoms with Crippen molar-refractivity contribution in [2.75, 3.05) is 17.7 Å². The third kappa shape index (κ3) is 5.19. The molecule has 2 aromatic carbocycles. The highest BCUT2D eigenvalue weighted by Gasteiger charge is 2.30. The van der Waals surface area contributed by atoms with Gasteiger partial charge in [0.1, 0.15) is 17.6 Å². The van der Waals surface area contributed by atoms with Crippen molar-refractivity contribution in [2.45, 2.75) is 25.9 Å². The molecule has 0 aliphatic heterocycles. The van der Waals surface area contributed by atoms with Crippen molar-refractivity contribution in [1.29, 1.82) is 0 Å². The Balaban J connectivity index is 2.25. The van der Waals surface area contributed by atoms with Gasteiger partial charge < -0.3 is 10.1 Å². The largest absolute Gasteiger partial charge is 0.497 e. The number of rotatable bonds is 7. The summed E-state index contributed by atoms with van der Waals surface area (Å²) in [5.41, 5.74) is 1.04. The van der Waals surface area contributed by atoms with Crippen molar-refractivity contribution in [3.63, 3.8) is 0 Å². The van der Waals surface area contributed by atoms with Gasteiger partial charge in [-0.05, 0) is 43.7 Å². The summed E-state index contributed by atoms with van der Waals surface area (Å²) in [7, 11) is -2.25. The van der Waals surface area contributed by atoms with Gasteiger partial charge in [-0.15, -0.1) is 0 Å². The summed E-state index contributed by atoms with van der Waals surface area (Å²) in [4.78, 5) is 12.7. The average Bonchev–Trinajstić information content (AvgIpc) is 2.61. The lowest BCUT2D eigenvalue weighted by Crippen LogP contribution is -2.48. The molecule has 0 radical (unpaired) electrons. The first kappa shape index (κ1) is 20.7. The fraction of sp³-hybridized carbons (Fsp3) is 0.316. The third-order valence-electron chi connectivity index (χ3n) is 4.13. The maximum atomic E-state index is 13.1. The van der Waals surface area contributed by atoms with Crippen LogP contribution in [0.4, 0.5) is 10.1 Å². The average molecular weight is 394 g/mol. The van der Waals surface area contributed by atoms with Crippen LogP contribution in [0.5, 0.6) is 5.75 Å². The van der Waals surface area contributed by atoms with Gasteiger partial charge in [0.25, 0.3) is 0 Å². The Kier molecular flexibility index (Phi) is 6.43. The minimum atomic E-state index is -3.73. The number of nitrogens with zero attached hydrogens (tertiary/aromatic N) is 1.